The number of benzene rings is 7. The van der Waals surface area contributed by atoms with Gasteiger partial charge in [0.15, 0.2) is 0 Å². The molecule has 5 aliphatic rings. The lowest BCUT2D eigenvalue weighted by molar-refractivity contribution is -0.0399. The monoisotopic (exact) mass is 655 g/mol. The first-order chi connectivity index (χ1) is 25.2. The van der Waals surface area contributed by atoms with Crippen molar-refractivity contribution >= 4 is 27.8 Å². The Morgan fingerprint density at radius 1 is 0.373 bits per heavy atom. The minimum atomic E-state index is 0.186. The van der Waals surface area contributed by atoms with Crippen molar-refractivity contribution in [1.82, 2.24) is 0 Å². The van der Waals surface area contributed by atoms with Gasteiger partial charge in [-0.2, -0.15) is 0 Å². The minimum absolute atomic E-state index is 0.186. The van der Waals surface area contributed by atoms with Crippen molar-refractivity contribution < 1.29 is 0 Å². The fourth-order valence-corrected chi connectivity index (χ4v) is 11.4. The quantitative estimate of drug-likeness (QED) is 0.178. The molecule has 0 heterocycles. The minimum Gasteiger partial charge on any atom is -0.310 e. The second-order valence-corrected chi connectivity index (χ2v) is 15.8. The Morgan fingerprint density at radius 3 is 1.76 bits per heavy atom. The van der Waals surface area contributed by atoms with E-state index in [4.69, 9.17) is 0 Å². The van der Waals surface area contributed by atoms with E-state index in [1.807, 2.05) is 0 Å². The molecule has 0 radical (unpaired) electrons. The van der Waals surface area contributed by atoms with Crippen LogP contribution in [0.5, 0.6) is 0 Å². The van der Waals surface area contributed by atoms with Gasteiger partial charge in [0.2, 0.25) is 0 Å². The highest BCUT2D eigenvalue weighted by Gasteiger charge is 2.61. The van der Waals surface area contributed by atoms with Crippen LogP contribution in [0, 0.1) is 23.7 Å². The maximum Gasteiger partial charge on any atom is 0.0468 e. The largest absolute Gasteiger partial charge is 0.310 e. The molecule has 0 unspecified atom stereocenters. The van der Waals surface area contributed by atoms with Gasteiger partial charge in [-0.15, -0.1) is 0 Å². The van der Waals surface area contributed by atoms with Crippen molar-refractivity contribution in [2.75, 3.05) is 4.90 Å². The molecule has 0 aliphatic heterocycles. The highest BCUT2D eigenvalue weighted by Crippen LogP contribution is 2.69. The van der Waals surface area contributed by atoms with Gasteiger partial charge in [-0.05, 0) is 154 Å². The first-order valence-electron chi connectivity index (χ1n) is 19.0. The molecule has 7 aromatic carbocycles. The Kier molecular flexibility index (Phi) is 6.50. The average Bonchev–Trinajstić information content (AvgIpc) is 3.47. The first kappa shape index (κ1) is 29.3. The highest BCUT2D eigenvalue weighted by atomic mass is 15.1. The maximum atomic E-state index is 2.61. The Hall–Kier alpha value is -5.40. The predicted octanol–water partition coefficient (Wildman–Crippen LogP) is 13.4. The molecule has 12 rings (SSSR count). The zero-order valence-electron chi connectivity index (χ0n) is 28.9. The summed E-state index contributed by atoms with van der Waals surface area (Å²) in [6, 6.07) is 61.3. The highest BCUT2D eigenvalue weighted by molar-refractivity contribution is 5.90. The molecule has 0 saturated heterocycles. The van der Waals surface area contributed by atoms with Crippen molar-refractivity contribution in [2.45, 2.75) is 37.5 Å². The number of nitrogens with zero attached hydrogens (tertiary/aromatic N) is 1. The normalized spacial score (nSPS) is 23.8. The van der Waals surface area contributed by atoms with Crippen LogP contribution in [0.4, 0.5) is 17.1 Å². The molecular weight excluding hydrogens is 615 g/mol. The van der Waals surface area contributed by atoms with Gasteiger partial charge in [0.25, 0.3) is 0 Å². The fraction of sp³-hybridized carbons (Fsp3) is 0.200. The number of fused-ring (bicyclic) bond motifs is 4. The lowest BCUT2D eigenvalue weighted by Crippen LogP contribution is -2.55. The summed E-state index contributed by atoms with van der Waals surface area (Å²) >= 11 is 0. The molecule has 4 bridgehead atoms. The SMILES string of the molecule is c1ccc(-c2cccc(N(c3ccc(-c4ccc5c(c4)C4(c6ccccc6-5)C5CC6CC(C5)CC4C6)cc3)c3ccc4ccccc4c3)c2)cc1. The van der Waals surface area contributed by atoms with Crippen LogP contribution in [0.25, 0.3) is 44.2 Å². The molecule has 1 heteroatoms. The predicted molar refractivity (Wildman–Crippen MR) is 213 cm³/mol. The third-order valence-electron chi connectivity index (χ3n) is 13.2. The molecule has 4 saturated carbocycles. The van der Waals surface area contributed by atoms with E-state index in [1.54, 1.807) is 11.1 Å². The Bertz CT molecular complexity index is 2410. The average molecular weight is 656 g/mol. The van der Waals surface area contributed by atoms with Gasteiger partial charge >= 0.3 is 0 Å². The molecule has 1 spiro atoms. The lowest BCUT2D eigenvalue weighted by atomic mass is 9.43. The zero-order valence-corrected chi connectivity index (χ0v) is 28.9. The summed E-state index contributed by atoms with van der Waals surface area (Å²) in [5.41, 5.74) is 14.9. The smallest absolute Gasteiger partial charge is 0.0468 e. The van der Waals surface area contributed by atoms with Crippen molar-refractivity contribution in [3.05, 3.63) is 175 Å². The van der Waals surface area contributed by atoms with Crippen LogP contribution in [0.1, 0.15) is 43.2 Å². The van der Waals surface area contributed by atoms with Crippen molar-refractivity contribution in [1.29, 1.82) is 0 Å². The van der Waals surface area contributed by atoms with Gasteiger partial charge in [0.1, 0.15) is 0 Å². The van der Waals surface area contributed by atoms with Crippen molar-refractivity contribution in [3.8, 4) is 33.4 Å². The molecule has 1 nitrogen and oxygen atoms in total. The van der Waals surface area contributed by atoms with Crippen molar-refractivity contribution in [3.63, 3.8) is 0 Å². The number of anilines is 3. The molecule has 51 heavy (non-hydrogen) atoms. The molecule has 0 atom stereocenters. The van der Waals surface area contributed by atoms with E-state index >= 15 is 0 Å². The standard InChI is InChI=1S/C50H41N/c1-2-9-35(10-3-1)39-13-8-14-44(30-39)51(45-23-19-36-11-4-5-12-38(36)31-45)43-21-17-37(18-22-43)40-20-24-47-46-15-6-7-16-48(46)50(49(47)32-40)41-26-33-25-34(28-41)29-42(50)27-33/h1-24,30-34,41-42H,25-29H2. The fourth-order valence-electron chi connectivity index (χ4n) is 11.4. The van der Waals surface area contributed by atoms with E-state index in [2.05, 4.69) is 169 Å². The Labute approximate surface area is 301 Å². The van der Waals surface area contributed by atoms with Gasteiger partial charge in [-0.3, -0.25) is 0 Å². The van der Waals surface area contributed by atoms with Crippen LogP contribution in [0.15, 0.2) is 164 Å². The third-order valence-corrected chi connectivity index (χ3v) is 13.2. The van der Waals surface area contributed by atoms with Gasteiger partial charge in [-0.25, -0.2) is 0 Å². The van der Waals surface area contributed by atoms with E-state index in [1.165, 1.54) is 76.3 Å². The second kappa shape index (κ2) is 11.3. The molecule has 0 N–H and O–H groups in total. The first-order valence-corrected chi connectivity index (χ1v) is 19.0. The van der Waals surface area contributed by atoms with E-state index in [9.17, 15) is 0 Å². The van der Waals surface area contributed by atoms with Gasteiger partial charge < -0.3 is 4.90 Å². The van der Waals surface area contributed by atoms with Crippen LogP contribution in [0.3, 0.4) is 0 Å². The number of hydrogen-bond donors (Lipinski definition) is 0. The lowest BCUT2D eigenvalue weighted by Gasteiger charge is -2.61. The van der Waals surface area contributed by atoms with Crippen LogP contribution < -0.4 is 4.90 Å². The summed E-state index contributed by atoms with van der Waals surface area (Å²) in [6.45, 7) is 0. The molecule has 7 aromatic rings. The van der Waals surface area contributed by atoms with E-state index in [-0.39, 0.29) is 5.41 Å². The number of rotatable bonds is 5. The Balaban J connectivity index is 1.01. The van der Waals surface area contributed by atoms with Gasteiger partial charge in [0, 0.05) is 22.5 Å². The van der Waals surface area contributed by atoms with E-state index in [0.717, 1.165) is 40.7 Å². The van der Waals surface area contributed by atoms with Crippen LogP contribution >= 0.6 is 0 Å². The summed E-state index contributed by atoms with van der Waals surface area (Å²) in [5, 5.41) is 2.50. The molecule has 0 amide bonds. The summed E-state index contributed by atoms with van der Waals surface area (Å²) in [4.78, 5) is 2.41. The van der Waals surface area contributed by atoms with E-state index in [0.29, 0.717) is 0 Å². The topological polar surface area (TPSA) is 3.24 Å². The van der Waals surface area contributed by atoms with Gasteiger partial charge in [-0.1, -0.05) is 121 Å². The summed E-state index contributed by atoms with van der Waals surface area (Å²) in [5.74, 6) is 3.44. The third kappa shape index (κ3) is 4.47. The van der Waals surface area contributed by atoms with Gasteiger partial charge in [0.05, 0.1) is 0 Å². The summed E-state index contributed by atoms with van der Waals surface area (Å²) in [6.07, 6.45) is 7.13. The Morgan fingerprint density at radius 2 is 0.961 bits per heavy atom. The molecule has 246 valence electrons. The van der Waals surface area contributed by atoms with Crippen molar-refractivity contribution in [2.24, 2.45) is 23.7 Å². The maximum absolute atomic E-state index is 2.61. The molecular formula is C50H41N. The molecule has 4 fully saturated rings. The number of hydrogen-bond acceptors (Lipinski definition) is 1. The molecule has 5 aliphatic carbocycles. The second-order valence-electron chi connectivity index (χ2n) is 15.8. The van der Waals surface area contributed by atoms with Crippen LogP contribution in [-0.4, -0.2) is 0 Å². The van der Waals surface area contributed by atoms with E-state index < -0.39 is 0 Å². The van der Waals surface area contributed by atoms with Crippen LogP contribution in [-0.2, 0) is 5.41 Å². The molecule has 0 aromatic heterocycles. The summed E-state index contributed by atoms with van der Waals surface area (Å²) in [7, 11) is 0. The summed E-state index contributed by atoms with van der Waals surface area (Å²) < 4.78 is 0. The van der Waals surface area contributed by atoms with Crippen LogP contribution in [0.2, 0.25) is 0 Å². The zero-order chi connectivity index (χ0) is 33.5.